The summed E-state index contributed by atoms with van der Waals surface area (Å²) in [5.74, 6) is 2.48. The van der Waals surface area contributed by atoms with E-state index in [0.717, 1.165) is 23.4 Å². The van der Waals surface area contributed by atoms with E-state index in [1.807, 2.05) is 5.38 Å². The van der Waals surface area contributed by atoms with Crippen LogP contribution in [0.25, 0.3) is 0 Å². The van der Waals surface area contributed by atoms with Gasteiger partial charge in [0.25, 0.3) is 0 Å². The fourth-order valence-electron chi connectivity index (χ4n) is 1.93. The Morgan fingerprint density at radius 1 is 1.50 bits per heavy atom. The van der Waals surface area contributed by atoms with Crippen molar-refractivity contribution in [3.8, 4) is 0 Å². The molecule has 0 aliphatic heterocycles. The van der Waals surface area contributed by atoms with Crippen molar-refractivity contribution in [1.29, 1.82) is 0 Å². The molecule has 0 saturated heterocycles. The predicted octanol–water partition coefficient (Wildman–Crippen LogP) is 3.09. The summed E-state index contributed by atoms with van der Waals surface area (Å²) in [7, 11) is 0. The molecule has 0 bridgehead atoms. The van der Waals surface area contributed by atoms with E-state index in [-0.39, 0.29) is 0 Å². The molecule has 66 valence electrons. The standard InChI is InChI=1S/C10H15NS/c1-6(2)7-3-8(7)9-4-12-5-10(9)11/h4-8H,3,11H2,1-2H3. The molecule has 0 aromatic carbocycles. The summed E-state index contributed by atoms with van der Waals surface area (Å²) >= 11 is 1.72. The third-order valence-corrected chi connectivity index (χ3v) is 3.60. The maximum atomic E-state index is 5.85. The lowest BCUT2D eigenvalue weighted by Gasteiger charge is -2.02. The molecule has 2 rings (SSSR count). The van der Waals surface area contributed by atoms with Gasteiger partial charge in [0.05, 0.1) is 0 Å². The van der Waals surface area contributed by atoms with E-state index in [9.17, 15) is 0 Å². The lowest BCUT2D eigenvalue weighted by molar-refractivity contribution is 0.549. The molecule has 1 aliphatic carbocycles. The Balaban J connectivity index is 2.10. The van der Waals surface area contributed by atoms with Crippen LogP contribution in [-0.2, 0) is 0 Å². The van der Waals surface area contributed by atoms with Crippen LogP contribution in [0.3, 0.4) is 0 Å². The average Bonchev–Trinajstić information content (AvgIpc) is 2.70. The van der Waals surface area contributed by atoms with Crippen LogP contribution in [0.5, 0.6) is 0 Å². The summed E-state index contributed by atoms with van der Waals surface area (Å²) < 4.78 is 0. The molecule has 1 saturated carbocycles. The number of nitrogen functional groups attached to an aromatic ring is 1. The van der Waals surface area contributed by atoms with Gasteiger partial charge in [-0.2, -0.15) is 0 Å². The monoisotopic (exact) mass is 181 g/mol. The van der Waals surface area contributed by atoms with Gasteiger partial charge in [0, 0.05) is 11.1 Å². The van der Waals surface area contributed by atoms with E-state index in [1.165, 1.54) is 12.0 Å². The largest absolute Gasteiger partial charge is 0.398 e. The van der Waals surface area contributed by atoms with Gasteiger partial charge in [0.1, 0.15) is 0 Å². The van der Waals surface area contributed by atoms with Crippen LogP contribution < -0.4 is 5.73 Å². The summed E-state index contributed by atoms with van der Waals surface area (Å²) in [5, 5.41) is 4.26. The summed E-state index contributed by atoms with van der Waals surface area (Å²) in [4.78, 5) is 0. The Hall–Kier alpha value is -0.500. The fourth-order valence-corrected chi connectivity index (χ4v) is 2.74. The van der Waals surface area contributed by atoms with Gasteiger partial charge < -0.3 is 5.73 Å². The van der Waals surface area contributed by atoms with Gasteiger partial charge >= 0.3 is 0 Å². The number of rotatable bonds is 2. The Labute approximate surface area is 77.6 Å². The Morgan fingerprint density at radius 3 is 2.67 bits per heavy atom. The Bertz CT molecular complexity index is 277. The molecule has 1 aromatic heterocycles. The molecular formula is C10H15NS. The van der Waals surface area contributed by atoms with Crippen LogP contribution in [0.4, 0.5) is 5.69 Å². The third-order valence-electron chi connectivity index (χ3n) is 2.82. The zero-order valence-corrected chi connectivity index (χ0v) is 8.40. The van der Waals surface area contributed by atoms with Gasteiger partial charge in [0.2, 0.25) is 0 Å². The van der Waals surface area contributed by atoms with Crippen molar-refractivity contribution in [3.05, 3.63) is 16.3 Å². The zero-order chi connectivity index (χ0) is 8.72. The van der Waals surface area contributed by atoms with Crippen molar-refractivity contribution in [2.45, 2.75) is 26.2 Å². The molecule has 2 heteroatoms. The van der Waals surface area contributed by atoms with E-state index in [2.05, 4.69) is 19.2 Å². The highest BCUT2D eigenvalue weighted by molar-refractivity contribution is 7.08. The molecule has 1 aliphatic rings. The first-order valence-electron chi connectivity index (χ1n) is 4.51. The van der Waals surface area contributed by atoms with Gasteiger partial charge in [-0.15, -0.1) is 11.3 Å². The van der Waals surface area contributed by atoms with Gasteiger partial charge in [0.15, 0.2) is 0 Å². The van der Waals surface area contributed by atoms with Crippen LogP contribution in [-0.4, -0.2) is 0 Å². The molecular weight excluding hydrogens is 166 g/mol. The van der Waals surface area contributed by atoms with E-state index < -0.39 is 0 Å². The van der Waals surface area contributed by atoms with Crippen molar-refractivity contribution < 1.29 is 0 Å². The van der Waals surface area contributed by atoms with Gasteiger partial charge in [-0.05, 0) is 35.1 Å². The minimum Gasteiger partial charge on any atom is -0.398 e. The molecule has 1 fully saturated rings. The molecule has 2 atom stereocenters. The highest BCUT2D eigenvalue weighted by atomic mass is 32.1. The van der Waals surface area contributed by atoms with E-state index >= 15 is 0 Å². The van der Waals surface area contributed by atoms with Crippen molar-refractivity contribution in [2.24, 2.45) is 11.8 Å². The Kier molecular flexibility index (Phi) is 1.87. The normalized spacial score (nSPS) is 27.9. The van der Waals surface area contributed by atoms with Crippen molar-refractivity contribution in [1.82, 2.24) is 0 Å². The topological polar surface area (TPSA) is 26.0 Å². The maximum absolute atomic E-state index is 5.85. The van der Waals surface area contributed by atoms with E-state index in [4.69, 9.17) is 5.73 Å². The second-order valence-electron chi connectivity index (χ2n) is 4.03. The summed E-state index contributed by atoms with van der Waals surface area (Å²) in [5.41, 5.74) is 8.26. The van der Waals surface area contributed by atoms with Gasteiger partial charge in [-0.3, -0.25) is 0 Å². The van der Waals surface area contributed by atoms with Crippen molar-refractivity contribution in [3.63, 3.8) is 0 Å². The second kappa shape index (κ2) is 2.77. The quantitative estimate of drug-likeness (QED) is 0.745. The first-order valence-corrected chi connectivity index (χ1v) is 5.46. The van der Waals surface area contributed by atoms with Crippen LogP contribution in [0.15, 0.2) is 10.8 Å². The number of thiophene rings is 1. The molecule has 2 unspecified atom stereocenters. The molecule has 12 heavy (non-hydrogen) atoms. The van der Waals surface area contributed by atoms with E-state index in [1.54, 1.807) is 11.3 Å². The molecule has 1 aromatic rings. The minimum atomic E-state index is 0.774. The predicted molar refractivity (Wildman–Crippen MR) is 54.4 cm³/mol. The lowest BCUT2D eigenvalue weighted by atomic mass is 10.0. The van der Waals surface area contributed by atoms with Gasteiger partial charge in [-0.25, -0.2) is 0 Å². The van der Waals surface area contributed by atoms with Crippen molar-refractivity contribution in [2.75, 3.05) is 5.73 Å². The fraction of sp³-hybridized carbons (Fsp3) is 0.600. The second-order valence-corrected chi connectivity index (χ2v) is 4.78. The smallest absolute Gasteiger partial charge is 0.0458 e. The van der Waals surface area contributed by atoms with Crippen LogP contribution in [0.2, 0.25) is 0 Å². The number of hydrogen-bond donors (Lipinski definition) is 1. The first-order chi connectivity index (χ1) is 5.70. The maximum Gasteiger partial charge on any atom is 0.0458 e. The van der Waals surface area contributed by atoms with Crippen molar-refractivity contribution >= 4 is 17.0 Å². The summed E-state index contributed by atoms with van der Waals surface area (Å²) in [6, 6.07) is 0. The van der Waals surface area contributed by atoms with Gasteiger partial charge in [-0.1, -0.05) is 13.8 Å². The highest BCUT2D eigenvalue weighted by Crippen LogP contribution is 2.53. The summed E-state index contributed by atoms with van der Waals surface area (Å²) in [6.45, 7) is 4.60. The molecule has 2 N–H and O–H groups in total. The molecule has 1 heterocycles. The SMILES string of the molecule is CC(C)C1CC1c1cscc1N. The lowest BCUT2D eigenvalue weighted by Crippen LogP contribution is -1.93. The highest BCUT2D eigenvalue weighted by Gasteiger charge is 2.41. The third kappa shape index (κ3) is 1.24. The van der Waals surface area contributed by atoms with Crippen LogP contribution >= 0.6 is 11.3 Å². The summed E-state index contributed by atoms with van der Waals surface area (Å²) in [6.07, 6.45) is 1.35. The Morgan fingerprint density at radius 2 is 2.25 bits per heavy atom. The molecule has 0 amide bonds. The zero-order valence-electron chi connectivity index (χ0n) is 7.58. The van der Waals surface area contributed by atoms with Crippen LogP contribution in [0, 0.1) is 11.8 Å². The number of hydrogen-bond acceptors (Lipinski definition) is 2. The number of nitrogens with two attached hydrogens (primary N) is 1. The first kappa shape index (κ1) is 8.11. The minimum absolute atomic E-state index is 0.774. The van der Waals surface area contributed by atoms with E-state index in [0.29, 0.717) is 0 Å². The molecule has 0 spiro atoms. The van der Waals surface area contributed by atoms with Crippen LogP contribution in [0.1, 0.15) is 31.7 Å². The average molecular weight is 181 g/mol. The molecule has 1 nitrogen and oxygen atoms in total. The molecule has 0 radical (unpaired) electrons. The number of anilines is 1.